The van der Waals surface area contributed by atoms with Crippen LogP contribution < -0.4 is 10.6 Å². The lowest BCUT2D eigenvalue weighted by molar-refractivity contribution is -0.119. The van der Waals surface area contributed by atoms with E-state index in [-0.39, 0.29) is 5.91 Å². The Hall–Kier alpha value is -1.24. The van der Waals surface area contributed by atoms with E-state index in [0.29, 0.717) is 10.8 Å². The first-order chi connectivity index (χ1) is 6.95. The molecule has 0 aromatic carbocycles. The van der Waals surface area contributed by atoms with Crippen molar-refractivity contribution in [3.8, 4) is 0 Å². The molecule has 0 atom stereocenters. The van der Waals surface area contributed by atoms with Crippen molar-refractivity contribution < 1.29 is 14.4 Å². The Morgan fingerprint density at radius 2 is 2.33 bits per heavy atom. The monoisotopic (exact) mass is 231 g/mol. The number of amides is 2. The van der Waals surface area contributed by atoms with Gasteiger partial charge in [-0.2, -0.15) is 0 Å². The maximum absolute atomic E-state index is 11.1. The fourth-order valence-electron chi connectivity index (χ4n) is 1.02. The van der Waals surface area contributed by atoms with Gasteiger partial charge >= 0.3 is 6.09 Å². The third kappa shape index (κ3) is 3.12. The van der Waals surface area contributed by atoms with E-state index < -0.39 is 11.6 Å². The van der Waals surface area contributed by atoms with E-state index in [1.165, 1.54) is 18.8 Å². The molecule has 1 saturated heterocycles. The van der Waals surface area contributed by atoms with Crippen LogP contribution in [0, 0.1) is 0 Å². The lowest BCUT2D eigenvalue weighted by Gasteiger charge is -2.30. The van der Waals surface area contributed by atoms with Crippen LogP contribution in [0.1, 0.15) is 13.8 Å². The minimum absolute atomic E-state index is 0.0520. The van der Waals surface area contributed by atoms with Crippen LogP contribution in [0.3, 0.4) is 0 Å². The van der Waals surface area contributed by atoms with Gasteiger partial charge in [0, 0.05) is 7.05 Å². The number of carbonyl (C=O) groups excluding carboxylic acids is 2. The first-order valence-electron chi connectivity index (χ1n) is 4.36. The Morgan fingerprint density at radius 1 is 1.67 bits per heavy atom. The number of carbonyl (C=O) groups is 2. The van der Waals surface area contributed by atoms with E-state index in [9.17, 15) is 9.59 Å². The second kappa shape index (κ2) is 4.52. The highest BCUT2D eigenvalue weighted by Crippen LogP contribution is 2.21. The molecule has 0 radical (unpaired) electrons. The molecule has 2 amide bonds. The molecule has 84 valence electrons. The summed E-state index contributed by atoms with van der Waals surface area (Å²) in [5.74, 6) is 0.239. The van der Waals surface area contributed by atoms with Gasteiger partial charge in [-0.25, -0.2) is 4.79 Å². The number of oxime groups is 1. The van der Waals surface area contributed by atoms with Crippen molar-refractivity contribution in [1.29, 1.82) is 0 Å². The largest absolute Gasteiger partial charge is 0.433 e. The Bertz CT molecular complexity index is 314. The normalized spacial score (nSPS) is 22.1. The summed E-state index contributed by atoms with van der Waals surface area (Å²) in [6.07, 6.45) is -0.629. The number of hydrogen-bond acceptors (Lipinski definition) is 5. The van der Waals surface area contributed by atoms with Crippen molar-refractivity contribution in [2.24, 2.45) is 5.16 Å². The molecule has 0 spiro atoms. The molecule has 0 aromatic heterocycles. The minimum atomic E-state index is -0.629. The third-order valence-corrected chi connectivity index (χ3v) is 3.01. The molecule has 15 heavy (non-hydrogen) atoms. The molecule has 7 heteroatoms. The number of nitrogens with one attached hydrogen (secondary N) is 2. The summed E-state index contributed by atoms with van der Waals surface area (Å²) >= 11 is 1.26. The van der Waals surface area contributed by atoms with E-state index in [1.54, 1.807) is 13.8 Å². The average molecular weight is 231 g/mol. The van der Waals surface area contributed by atoms with Crippen LogP contribution in [0.4, 0.5) is 4.79 Å². The topological polar surface area (TPSA) is 79.8 Å². The van der Waals surface area contributed by atoms with Crippen molar-refractivity contribution in [2.75, 3.05) is 12.8 Å². The van der Waals surface area contributed by atoms with Crippen molar-refractivity contribution >= 4 is 28.8 Å². The predicted molar refractivity (Wildman–Crippen MR) is 57.7 cm³/mol. The van der Waals surface area contributed by atoms with Gasteiger partial charge in [0.15, 0.2) is 0 Å². The van der Waals surface area contributed by atoms with Crippen LogP contribution in [0.2, 0.25) is 0 Å². The molecule has 1 aliphatic rings. The van der Waals surface area contributed by atoms with Crippen LogP contribution in [-0.4, -0.2) is 35.4 Å². The van der Waals surface area contributed by atoms with Crippen molar-refractivity contribution in [3.05, 3.63) is 0 Å². The molecule has 0 unspecified atom stereocenters. The minimum Gasteiger partial charge on any atom is -0.344 e. The highest BCUT2D eigenvalue weighted by molar-refractivity contribution is 8.14. The van der Waals surface area contributed by atoms with Gasteiger partial charge in [-0.05, 0) is 13.8 Å². The molecular weight excluding hydrogens is 218 g/mol. The van der Waals surface area contributed by atoms with Crippen LogP contribution >= 0.6 is 11.8 Å². The van der Waals surface area contributed by atoms with Crippen LogP contribution in [-0.2, 0) is 9.63 Å². The summed E-state index contributed by atoms with van der Waals surface area (Å²) in [6, 6.07) is 0. The Balaban J connectivity index is 2.68. The smallest absolute Gasteiger partial charge is 0.344 e. The molecule has 0 saturated carbocycles. The van der Waals surface area contributed by atoms with Gasteiger partial charge in [0.25, 0.3) is 0 Å². The predicted octanol–water partition coefficient (Wildman–Crippen LogP) is 0.297. The van der Waals surface area contributed by atoms with Gasteiger partial charge in [-0.15, -0.1) is 0 Å². The molecule has 1 fully saturated rings. The molecular formula is C8H13N3O3S. The lowest BCUT2D eigenvalue weighted by Crippen LogP contribution is -2.53. The zero-order valence-corrected chi connectivity index (χ0v) is 9.60. The van der Waals surface area contributed by atoms with Crippen molar-refractivity contribution in [2.45, 2.75) is 19.4 Å². The fraction of sp³-hybridized carbons (Fsp3) is 0.625. The van der Waals surface area contributed by atoms with Gasteiger partial charge in [0.05, 0.1) is 11.3 Å². The third-order valence-electron chi connectivity index (χ3n) is 1.74. The molecule has 1 heterocycles. The first-order valence-corrected chi connectivity index (χ1v) is 5.35. The van der Waals surface area contributed by atoms with E-state index in [4.69, 9.17) is 0 Å². The Labute approximate surface area is 91.8 Å². The summed E-state index contributed by atoms with van der Waals surface area (Å²) in [7, 11) is 1.45. The fourth-order valence-corrected chi connectivity index (χ4v) is 1.86. The van der Waals surface area contributed by atoms with Gasteiger partial charge in [0.1, 0.15) is 5.04 Å². The standard InChI is InChI=1S/C8H13N3O3S/c1-8(2)6(11-14-7(13)9-3)15-4-5(12)10-8/h4H2,1-3H3,(H,9,13)(H,10,12)/b11-6-. The quantitative estimate of drug-likeness (QED) is 0.502. The van der Waals surface area contributed by atoms with Crippen molar-refractivity contribution in [1.82, 2.24) is 10.6 Å². The Morgan fingerprint density at radius 3 is 2.87 bits per heavy atom. The molecule has 1 rings (SSSR count). The molecule has 2 N–H and O–H groups in total. The van der Waals surface area contributed by atoms with Gasteiger partial charge in [-0.1, -0.05) is 16.9 Å². The molecule has 6 nitrogen and oxygen atoms in total. The summed E-state index contributed by atoms with van der Waals surface area (Å²) in [5.41, 5.74) is -0.589. The van der Waals surface area contributed by atoms with E-state index in [2.05, 4.69) is 20.6 Å². The molecule has 1 aliphatic heterocycles. The SMILES string of the molecule is CNC(=O)O/N=C1\SCC(=O)NC1(C)C. The molecule has 0 bridgehead atoms. The van der Waals surface area contributed by atoms with Gasteiger partial charge in [0.2, 0.25) is 5.91 Å². The highest BCUT2D eigenvalue weighted by atomic mass is 32.2. The zero-order valence-electron chi connectivity index (χ0n) is 8.79. The van der Waals surface area contributed by atoms with Crippen LogP contribution in [0.5, 0.6) is 0 Å². The number of thioether (sulfide) groups is 1. The van der Waals surface area contributed by atoms with Gasteiger partial charge < -0.3 is 10.6 Å². The first kappa shape index (κ1) is 11.8. The Kier molecular flexibility index (Phi) is 3.57. The summed E-state index contributed by atoms with van der Waals surface area (Å²) in [5, 5.41) is 9.29. The number of nitrogens with zero attached hydrogens (tertiary/aromatic N) is 1. The highest BCUT2D eigenvalue weighted by Gasteiger charge is 2.33. The van der Waals surface area contributed by atoms with Crippen LogP contribution in [0.15, 0.2) is 5.16 Å². The summed E-state index contributed by atoms with van der Waals surface area (Å²) in [4.78, 5) is 26.5. The second-order valence-electron chi connectivity index (χ2n) is 3.49. The van der Waals surface area contributed by atoms with E-state index >= 15 is 0 Å². The summed E-state index contributed by atoms with van der Waals surface area (Å²) < 4.78 is 0. The van der Waals surface area contributed by atoms with Gasteiger partial charge in [-0.3, -0.25) is 9.63 Å². The van der Waals surface area contributed by atoms with Crippen LogP contribution in [0.25, 0.3) is 0 Å². The van der Waals surface area contributed by atoms with E-state index in [0.717, 1.165) is 0 Å². The maximum atomic E-state index is 11.1. The second-order valence-corrected chi connectivity index (χ2v) is 4.45. The van der Waals surface area contributed by atoms with Crippen molar-refractivity contribution in [3.63, 3.8) is 0 Å². The van der Waals surface area contributed by atoms with E-state index in [1.807, 2.05) is 0 Å². The number of rotatable bonds is 1. The number of hydrogen-bond donors (Lipinski definition) is 2. The lowest BCUT2D eigenvalue weighted by atomic mass is 10.1. The zero-order chi connectivity index (χ0) is 11.5. The average Bonchev–Trinajstić information content (AvgIpc) is 2.14. The molecule has 0 aliphatic carbocycles. The summed E-state index contributed by atoms with van der Waals surface area (Å²) in [6.45, 7) is 3.59. The maximum Gasteiger partial charge on any atom is 0.433 e. The molecule has 0 aromatic rings.